The summed E-state index contributed by atoms with van der Waals surface area (Å²) in [5.74, 6) is 0.616. The summed E-state index contributed by atoms with van der Waals surface area (Å²) in [6.45, 7) is 2.97. The van der Waals surface area contributed by atoms with E-state index in [1.807, 2.05) is 29.3 Å². The van der Waals surface area contributed by atoms with Crippen LogP contribution in [0.5, 0.6) is 0 Å². The fourth-order valence-corrected chi connectivity index (χ4v) is 3.52. The molecule has 1 amide bonds. The van der Waals surface area contributed by atoms with E-state index < -0.39 is 0 Å². The van der Waals surface area contributed by atoms with Gasteiger partial charge in [-0.15, -0.1) is 10.2 Å². The first-order chi connectivity index (χ1) is 11.8. The molecule has 1 fully saturated rings. The second-order valence-electron chi connectivity index (χ2n) is 6.36. The molecule has 0 radical (unpaired) electrons. The third-order valence-electron chi connectivity index (χ3n) is 4.85. The fraction of sp³-hybridized carbons (Fsp3) is 0.412. The Bertz CT molecular complexity index is 853. The third-order valence-corrected chi connectivity index (χ3v) is 4.85. The summed E-state index contributed by atoms with van der Waals surface area (Å²) < 4.78 is 0. The van der Waals surface area contributed by atoms with Gasteiger partial charge in [0, 0.05) is 29.7 Å². The molecule has 1 atom stereocenters. The number of aromatic nitrogens is 5. The molecule has 0 bridgehead atoms. The molecule has 7 nitrogen and oxygen atoms in total. The molecule has 1 saturated heterocycles. The smallest absolute Gasteiger partial charge is 0.256 e. The minimum Gasteiger partial charge on any atom is -0.360 e. The molecular formula is C17H20N6O. The molecule has 3 aromatic rings. The van der Waals surface area contributed by atoms with Crippen LogP contribution in [0.4, 0.5) is 0 Å². The van der Waals surface area contributed by atoms with Crippen LogP contribution >= 0.6 is 0 Å². The third kappa shape index (κ3) is 2.46. The standard InChI is InChI=1S/C17H20N6O/c1-11-6-3-2-4-9-23(11)17(24)13-8-5-7-12-14(10-18-15(12)13)16-19-21-22-20-16/h5,7-8,10-11,18H,2-4,6,9H2,1H3,(H,19,20,21,22). The van der Waals surface area contributed by atoms with Crippen molar-refractivity contribution in [1.82, 2.24) is 30.5 Å². The number of fused-ring (bicyclic) bond motifs is 1. The van der Waals surface area contributed by atoms with Gasteiger partial charge in [0.15, 0.2) is 0 Å². The number of hydrogen-bond acceptors (Lipinski definition) is 4. The van der Waals surface area contributed by atoms with Crippen molar-refractivity contribution < 1.29 is 4.79 Å². The van der Waals surface area contributed by atoms with Gasteiger partial charge in [-0.25, -0.2) is 0 Å². The zero-order valence-electron chi connectivity index (χ0n) is 13.6. The van der Waals surface area contributed by atoms with Gasteiger partial charge in [-0.1, -0.05) is 25.0 Å². The van der Waals surface area contributed by atoms with Crippen molar-refractivity contribution in [2.45, 2.75) is 38.6 Å². The van der Waals surface area contributed by atoms with Crippen LogP contribution in [0.1, 0.15) is 43.0 Å². The summed E-state index contributed by atoms with van der Waals surface area (Å²) in [7, 11) is 0. The summed E-state index contributed by atoms with van der Waals surface area (Å²) >= 11 is 0. The van der Waals surface area contributed by atoms with Gasteiger partial charge in [-0.2, -0.15) is 5.21 Å². The molecule has 2 N–H and O–H groups in total. The Kier molecular flexibility index (Phi) is 3.76. The van der Waals surface area contributed by atoms with E-state index in [9.17, 15) is 4.79 Å². The van der Waals surface area contributed by atoms with Crippen molar-refractivity contribution in [1.29, 1.82) is 0 Å². The van der Waals surface area contributed by atoms with Crippen LogP contribution in [0.3, 0.4) is 0 Å². The van der Waals surface area contributed by atoms with Gasteiger partial charge in [0.1, 0.15) is 0 Å². The van der Waals surface area contributed by atoms with E-state index in [4.69, 9.17) is 0 Å². The van der Waals surface area contributed by atoms with E-state index in [0.29, 0.717) is 11.4 Å². The average molecular weight is 324 g/mol. The molecule has 0 aliphatic carbocycles. The molecule has 1 aromatic carbocycles. The minimum atomic E-state index is 0.0940. The van der Waals surface area contributed by atoms with Crippen molar-refractivity contribution >= 4 is 16.8 Å². The van der Waals surface area contributed by atoms with E-state index in [1.165, 1.54) is 12.8 Å². The Balaban J connectivity index is 1.75. The number of hydrogen-bond donors (Lipinski definition) is 2. The molecule has 1 aliphatic heterocycles. The summed E-state index contributed by atoms with van der Waals surface area (Å²) in [6.07, 6.45) is 6.37. The molecule has 0 saturated carbocycles. The summed E-state index contributed by atoms with van der Waals surface area (Å²) in [5, 5.41) is 15.1. The highest BCUT2D eigenvalue weighted by Crippen LogP contribution is 2.29. The molecule has 1 aliphatic rings. The van der Waals surface area contributed by atoms with E-state index in [1.54, 1.807) is 0 Å². The fourth-order valence-electron chi connectivity index (χ4n) is 3.52. The SMILES string of the molecule is CC1CCCCCN1C(=O)c1cccc2c(-c3nn[nH]n3)c[nH]c12. The van der Waals surface area contributed by atoms with Gasteiger partial charge < -0.3 is 9.88 Å². The Hall–Kier alpha value is -2.70. The normalized spacial score (nSPS) is 18.7. The predicted octanol–water partition coefficient (Wildman–Crippen LogP) is 2.75. The lowest BCUT2D eigenvalue weighted by molar-refractivity contribution is 0.0700. The number of amides is 1. The number of aromatic amines is 2. The van der Waals surface area contributed by atoms with E-state index in [-0.39, 0.29) is 11.9 Å². The quantitative estimate of drug-likeness (QED) is 0.758. The zero-order chi connectivity index (χ0) is 16.5. The molecule has 4 rings (SSSR count). The number of H-pyrrole nitrogens is 2. The highest BCUT2D eigenvalue weighted by molar-refractivity contribution is 6.09. The van der Waals surface area contributed by atoms with Gasteiger partial charge >= 0.3 is 0 Å². The van der Waals surface area contributed by atoms with Crippen LogP contribution in [0.2, 0.25) is 0 Å². The van der Waals surface area contributed by atoms with E-state index >= 15 is 0 Å². The topological polar surface area (TPSA) is 90.6 Å². The first-order valence-electron chi connectivity index (χ1n) is 8.40. The van der Waals surface area contributed by atoms with Crippen molar-refractivity contribution in [2.75, 3.05) is 6.54 Å². The number of rotatable bonds is 2. The molecule has 0 spiro atoms. The molecule has 1 unspecified atom stereocenters. The molecule has 2 aromatic heterocycles. The molecular weight excluding hydrogens is 304 g/mol. The minimum absolute atomic E-state index is 0.0940. The number of benzene rings is 1. The highest BCUT2D eigenvalue weighted by atomic mass is 16.2. The van der Waals surface area contributed by atoms with Crippen LogP contribution < -0.4 is 0 Å². The van der Waals surface area contributed by atoms with Crippen LogP contribution in [0, 0.1) is 0 Å². The summed E-state index contributed by atoms with van der Waals surface area (Å²) in [5.41, 5.74) is 2.38. The number of carbonyl (C=O) groups is 1. The van der Waals surface area contributed by atoms with Crippen molar-refractivity contribution in [2.24, 2.45) is 0 Å². The molecule has 124 valence electrons. The van der Waals surface area contributed by atoms with Gasteiger partial charge in [0.05, 0.1) is 11.1 Å². The maximum Gasteiger partial charge on any atom is 0.256 e. The molecule has 3 heterocycles. The summed E-state index contributed by atoms with van der Waals surface area (Å²) in [4.78, 5) is 18.4. The lowest BCUT2D eigenvalue weighted by Gasteiger charge is -2.27. The van der Waals surface area contributed by atoms with Crippen LogP contribution in [0.25, 0.3) is 22.3 Å². The van der Waals surface area contributed by atoms with Gasteiger partial charge in [-0.05, 0) is 31.0 Å². The Labute approximate surface area is 139 Å². The van der Waals surface area contributed by atoms with Crippen molar-refractivity contribution in [3.05, 3.63) is 30.0 Å². The monoisotopic (exact) mass is 324 g/mol. The first-order valence-corrected chi connectivity index (χ1v) is 8.40. The number of nitrogens with zero attached hydrogens (tertiary/aromatic N) is 4. The number of likely N-dealkylation sites (tertiary alicyclic amines) is 1. The number of carbonyl (C=O) groups excluding carboxylic acids is 1. The maximum atomic E-state index is 13.1. The first kappa shape index (κ1) is 14.9. The number of nitrogens with one attached hydrogen (secondary N) is 2. The van der Waals surface area contributed by atoms with Crippen molar-refractivity contribution in [3.63, 3.8) is 0 Å². The second kappa shape index (κ2) is 6.07. The van der Waals surface area contributed by atoms with Gasteiger partial charge in [0.2, 0.25) is 5.82 Å². The Morgan fingerprint density at radius 2 is 2.21 bits per heavy atom. The lowest BCUT2D eigenvalue weighted by atomic mass is 10.1. The van der Waals surface area contributed by atoms with E-state index in [0.717, 1.165) is 35.9 Å². The second-order valence-corrected chi connectivity index (χ2v) is 6.36. The van der Waals surface area contributed by atoms with Crippen LogP contribution in [0.15, 0.2) is 24.4 Å². The molecule has 24 heavy (non-hydrogen) atoms. The Morgan fingerprint density at radius 1 is 1.29 bits per heavy atom. The molecule has 7 heteroatoms. The maximum absolute atomic E-state index is 13.1. The van der Waals surface area contributed by atoms with E-state index in [2.05, 4.69) is 32.5 Å². The van der Waals surface area contributed by atoms with Gasteiger partial charge in [-0.3, -0.25) is 4.79 Å². The predicted molar refractivity (Wildman–Crippen MR) is 90.4 cm³/mol. The largest absolute Gasteiger partial charge is 0.360 e. The number of tetrazole rings is 1. The lowest BCUT2D eigenvalue weighted by Crippen LogP contribution is -2.38. The van der Waals surface area contributed by atoms with Gasteiger partial charge in [0.25, 0.3) is 5.91 Å². The Morgan fingerprint density at radius 3 is 3.04 bits per heavy atom. The average Bonchev–Trinajstić information content (AvgIpc) is 3.21. The van der Waals surface area contributed by atoms with Crippen LogP contribution in [-0.2, 0) is 0 Å². The number of para-hydroxylation sites is 1. The summed E-state index contributed by atoms with van der Waals surface area (Å²) in [6, 6.07) is 6.05. The zero-order valence-corrected chi connectivity index (χ0v) is 13.6. The van der Waals surface area contributed by atoms with Crippen molar-refractivity contribution in [3.8, 4) is 11.4 Å². The van der Waals surface area contributed by atoms with Crippen LogP contribution in [-0.4, -0.2) is 49.0 Å². The highest BCUT2D eigenvalue weighted by Gasteiger charge is 2.25.